The maximum Gasteiger partial charge on any atom is 0.306 e. The van der Waals surface area contributed by atoms with Crippen LogP contribution in [-0.2, 0) is 23.8 Å². The van der Waals surface area contributed by atoms with Crippen molar-refractivity contribution in [2.24, 2.45) is 0 Å². The Morgan fingerprint density at radius 2 is 0.831 bits per heavy atom. The number of nitrogens with one attached hydrogen (secondary N) is 1. The second kappa shape index (κ2) is 59.7. The summed E-state index contributed by atoms with van der Waals surface area (Å²) in [6.07, 6.45) is 65.5. The second-order valence-electron chi connectivity index (χ2n) is 24.3. The van der Waals surface area contributed by atoms with Crippen LogP contribution in [0.25, 0.3) is 0 Å². The van der Waals surface area contributed by atoms with Crippen LogP contribution in [0, 0.1) is 0 Å². The number of rotatable bonds is 60. The van der Waals surface area contributed by atoms with Crippen LogP contribution < -0.4 is 5.32 Å². The summed E-state index contributed by atoms with van der Waals surface area (Å²) in [6, 6.07) is -1.03. The van der Waals surface area contributed by atoms with Crippen molar-refractivity contribution >= 4 is 11.9 Å². The standard InChI is InChI=1S/C72H131NO10/c1-4-7-10-13-16-19-22-24-26-28-30-31-32-33-34-35-36-38-40-42-45-48-51-54-57-60-67(77)83-70-69(79)68(78)66(61-74)82-72(70)81-62-63(64(75)58-55-52-49-46-43-21-18-15-12-9-6-3)73-71(80)65(76)59-56-53-50-47-44-41-39-37-29-27-25-23-20-17-14-11-8-5-2/h16-17,19-20,24-27,55,58,63-66,68-70,72,74-76,78-79H,4-15,18,21-23,28-54,56-57,59-62H2,1-3H3,(H,73,80)/b19-16-,20-17-,26-24-,27-25-,58-55+. The largest absolute Gasteiger partial charge is 0.454 e. The van der Waals surface area contributed by atoms with Crippen LogP contribution in [0.4, 0.5) is 0 Å². The molecule has 11 heteroatoms. The number of hydrogen-bond acceptors (Lipinski definition) is 10. The third kappa shape index (κ3) is 47.2. The van der Waals surface area contributed by atoms with Gasteiger partial charge in [-0.1, -0.05) is 287 Å². The lowest BCUT2D eigenvalue weighted by atomic mass is 9.99. The maximum absolute atomic E-state index is 13.5. The normalized spacial score (nSPS) is 18.9. The summed E-state index contributed by atoms with van der Waals surface area (Å²) in [5.41, 5.74) is 0. The van der Waals surface area contributed by atoms with E-state index in [1.807, 2.05) is 6.08 Å². The molecule has 6 N–H and O–H groups in total. The Balaban J connectivity index is 2.55. The van der Waals surface area contributed by atoms with E-state index in [4.69, 9.17) is 14.2 Å². The number of carbonyl (C=O) groups excluding carboxylic acids is 2. The Hall–Kier alpha value is -2.64. The molecule has 0 aromatic heterocycles. The summed E-state index contributed by atoms with van der Waals surface area (Å²) in [7, 11) is 0. The van der Waals surface area contributed by atoms with E-state index in [1.54, 1.807) is 6.08 Å². The van der Waals surface area contributed by atoms with Crippen LogP contribution >= 0.6 is 0 Å². The molecule has 8 unspecified atom stereocenters. The summed E-state index contributed by atoms with van der Waals surface area (Å²) < 4.78 is 17.7. The van der Waals surface area contributed by atoms with Crippen LogP contribution in [0.2, 0.25) is 0 Å². The van der Waals surface area contributed by atoms with Crippen molar-refractivity contribution in [1.29, 1.82) is 0 Å². The molecule has 1 rings (SSSR count). The van der Waals surface area contributed by atoms with E-state index in [1.165, 1.54) is 199 Å². The monoisotopic (exact) mass is 1170 g/mol. The van der Waals surface area contributed by atoms with Gasteiger partial charge in [-0.15, -0.1) is 0 Å². The van der Waals surface area contributed by atoms with Gasteiger partial charge in [0.05, 0.1) is 25.4 Å². The summed E-state index contributed by atoms with van der Waals surface area (Å²) >= 11 is 0. The number of unbranched alkanes of at least 4 members (excludes halogenated alkanes) is 38. The molecule has 1 amide bonds. The van der Waals surface area contributed by atoms with Gasteiger partial charge in [0.25, 0.3) is 0 Å². The lowest BCUT2D eigenvalue weighted by molar-refractivity contribution is -0.305. The minimum Gasteiger partial charge on any atom is -0.454 e. The molecule has 1 fully saturated rings. The van der Waals surface area contributed by atoms with E-state index in [0.717, 1.165) is 77.0 Å². The fraction of sp³-hybridized carbons (Fsp3) is 0.833. The van der Waals surface area contributed by atoms with Crippen molar-refractivity contribution < 1.29 is 49.3 Å². The third-order valence-electron chi connectivity index (χ3n) is 16.4. The molecule has 484 valence electrons. The number of allylic oxidation sites excluding steroid dienone is 9. The van der Waals surface area contributed by atoms with Gasteiger partial charge in [-0.25, -0.2) is 0 Å². The average molecular weight is 1170 g/mol. The predicted octanol–water partition coefficient (Wildman–Crippen LogP) is 17.7. The SMILES string of the molecule is CCCCC/C=C\C/C=C\CCCCCCCCCCCCCCCCCC(=O)OC1C(OCC(NC(=O)C(O)CCCCCCCCCC/C=C\C/C=C\CCCCC)C(O)/C=C/CCCCCCCCCCC)OC(CO)C(O)C1O. The number of amides is 1. The zero-order chi connectivity index (χ0) is 60.3. The van der Waals surface area contributed by atoms with Crippen molar-refractivity contribution in [2.45, 2.75) is 372 Å². The van der Waals surface area contributed by atoms with Crippen LogP contribution in [0.15, 0.2) is 60.8 Å². The molecule has 0 aromatic carbocycles. The summed E-state index contributed by atoms with van der Waals surface area (Å²) in [5, 5.41) is 57.2. The molecule has 0 radical (unpaired) electrons. The highest BCUT2D eigenvalue weighted by Crippen LogP contribution is 2.26. The Bertz CT molecular complexity index is 1580. The summed E-state index contributed by atoms with van der Waals surface area (Å²) in [5.74, 6) is -1.19. The van der Waals surface area contributed by atoms with Crippen LogP contribution in [-0.4, -0.2) is 99.6 Å². The zero-order valence-electron chi connectivity index (χ0n) is 53.8. The van der Waals surface area contributed by atoms with Crippen LogP contribution in [0.1, 0.15) is 323 Å². The topological polar surface area (TPSA) is 175 Å². The van der Waals surface area contributed by atoms with E-state index in [2.05, 4.69) is 74.7 Å². The fourth-order valence-corrected chi connectivity index (χ4v) is 10.8. The lowest BCUT2D eigenvalue weighted by Crippen LogP contribution is -2.61. The quantitative estimate of drug-likeness (QED) is 0.0195. The molecule has 1 heterocycles. The van der Waals surface area contributed by atoms with Crippen molar-refractivity contribution in [3.05, 3.63) is 60.8 Å². The molecular weight excluding hydrogens is 1040 g/mol. The first kappa shape index (κ1) is 78.4. The van der Waals surface area contributed by atoms with Crippen molar-refractivity contribution in [3.63, 3.8) is 0 Å². The van der Waals surface area contributed by atoms with E-state index in [0.29, 0.717) is 12.8 Å². The van der Waals surface area contributed by atoms with E-state index in [9.17, 15) is 35.1 Å². The highest BCUT2D eigenvalue weighted by Gasteiger charge is 2.47. The highest BCUT2D eigenvalue weighted by molar-refractivity contribution is 5.80. The molecule has 8 atom stereocenters. The molecule has 0 saturated carbocycles. The van der Waals surface area contributed by atoms with Crippen LogP contribution in [0.5, 0.6) is 0 Å². The molecule has 1 aliphatic heterocycles. The molecule has 0 spiro atoms. The Kier molecular flexibility index (Phi) is 56.4. The zero-order valence-corrected chi connectivity index (χ0v) is 53.8. The first-order chi connectivity index (χ1) is 40.7. The lowest BCUT2D eigenvalue weighted by Gasteiger charge is -2.41. The van der Waals surface area contributed by atoms with Gasteiger partial charge in [0, 0.05) is 6.42 Å². The van der Waals surface area contributed by atoms with Crippen molar-refractivity contribution in [2.75, 3.05) is 13.2 Å². The number of carbonyl (C=O) groups is 2. The maximum atomic E-state index is 13.5. The predicted molar refractivity (Wildman–Crippen MR) is 347 cm³/mol. The van der Waals surface area contributed by atoms with Crippen molar-refractivity contribution in [3.8, 4) is 0 Å². The molecule has 11 nitrogen and oxygen atoms in total. The Morgan fingerprint density at radius 3 is 1.25 bits per heavy atom. The Labute approximate surface area is 509 Å². The Morgan fingerprint density at radius 1 is 0.470 bits per heavy atom. The van der Waals surface area contributed by atoms with Gasteiger partial charge in [0.2, 0.25) is 5.91 Å². The number of aliphatic hydroxyl groups excluding tert-OH is 5. The molecule has 83 heavy (non-hydrogen) atoms. The van der Waals surface area contributed by atoms with Gasteiger partial charge < -0.3 is 45.1 Å². The molecule has 0 bridgehead atoms. The number of hydrogen-bond donors (Lipinski definition) is 6. The van der Waals surface area contributed by atoms with Crippen LogP contribution in [0.3, 0.4) is 0 Å². The van der Waals surface area contributed by atoms with Gasteiger partial charge >= 0.3 is 5.97 Å². The number of esters is 1. The van der Waals surface area contributed by atoms with E-state index >= 15 is 0 Å². The summed E-state index contributed by atoms with van der Waals surface area (Å²) in [4.78, 5) is 26.6. The van der Waals surface area contributed by atoms with Gasteiger partial charge in [-0.05, 0) is 89.9 Å². The van der Waals surface area contributed by atoms with Gasteiger partial charge in [-0.3, -0.25) is 9.59 Å². The first-order valence-corrected chi connectivity index (χ1v) is 35.1. The molecule has 1 saturated heterocycles. The highest BCUT2D eigenvalue weighted by atomic mass is 16.7. The number of ether oxygens (including phenoxy) is 3. The van der Waals surface area contributed by atoms with Gasteiger partial charge in [0.15, 0.2) is 12.4 Å². The third-order valence-corrected chi connectivity index (χ3v) is 16.4. The molecule has 0 aliphatic carbocycles. The van der Waals surface area contributed by atoms with Crippen molar-refractivity contribution in [1.82, 2.24) is 5.32 Å². The van der Waals surface area contributed by atoms with E-state index in [-0.39, 0.29) is 19.4 Å². The first-order valence-electron chi connectivity index (χ1n) is 35.1. The summed E-state index contributed by atoms with van der Waals surface area (Å²) in [6.45, 7) is 5.76. The van der Waals surface area contributed by atoms with Gasteiger partial charge in [0.1, 0.15) is 24.4 Å². The van der Waals surface area contributed by atoms with E-state index < -0.39 is 67.4 Å². The number of aliphatic hydroxyl groups is 5. The molecule has 1 aliphatic rings. The molecular formula is C72H131NO10. The minimum atomic E-state index is -1.61. The minimum absolute atomic E-state index is 0.124. The fourth-order valence-electron chi connectivity index (χ4n) is 10.8. The second-order valence-corrected chi connectivity index (χ2v) is 24.3. The smallest absolute Gasteiger partial charge is 0.306 e. The average Bonchev–Trinajstić information content (AvgIpc) is 3.67. The molecule has 0 aromatic rings. The van der Waals surface area contributed by atoms with Gasteiger partial charge in [-0.2, -0.15) is 0 Å².